The summed E-state index contributed by atoms with van der Waals surface area (Å²) >= 11 is 5.89. The van der Waals surface area contributed by atoms with Crippen LogP contribution in [0.25, 0.3) is 10.9 Å². The van der Waals surface area contributed by atoms with E-state index in [9.17, 15) is 4.79 Å². The van der Waals surface area contributed by atoms with Gasteiger partial charge in [-0.3, -0.25) is 4.79 Å². The molecule has 0 aliphatic rings. The van der Waals surface area contributed by atoms with Crippen molar-refractivity contribution in [1.82, 2.24) is 4.98 Å². The molecule has 0 bridgehead atoms. The summed E-state index contributed by atoms with van der Waals surface area (Å²) in [5, 5.41) is 1.79. The third-order valence-corrected chi connectivity index (χ3v) is 3.87. The van der Waals surface area contributed by atoms with Gasteiger partial charge in [-0.1, -0.05) is 29.8 Å². The lowest BCUT2D eigenvalue weighted by atomic mass is 10.1. The lowest BCUT2D eigenvalue weighted by Gasteiger charge is -2.07. The minimum absolute atomic E-state index is 0.240. The third-order valence-electron chi connectivity index (χ3n) is 3.63. The summed E-state index contributed by atoms with van der Waals surface area (Å²) in [6.07, 6.45) is 2.94. The molecular formula is C18H16ClNO2. The number of para-hydroxylation sites is 1. The number of ether oxygens (including phenoxy) is 1. The zero-order chi connectivity index (χ0) is 15.5. The molecule has 0 saturated carbocycles. The fourth-order valence-electron chi connectivity index (χ4n) is 2.48. The molecule has 0 fully saturated rings. The molecule has 0 saturated heterocycles. The smallest absolute Gasteiger partial charge is 0.311 e. The second kappa shape index (κ2) is 6.24. The Bertz CT molecular complexity index is 823. The lowest BCUT2D eigenvalue weighted by molar-refractivity contribution is -0.134. The summed E-state index contributed by atoms with van der Waals surface area (Å²) in [6.45, 7) is 1.87. The number of hydrogen-bond acceptors (Lipinski definition) is 2. The maximum absolute atomic E-state index is 12.0. The molecule has 0 amide bonds. The Kier molecular flexibility index (Phi) is 4.16. The molecule has 2 aromatic carbocycles. The van der Waals surface area contributed by atoms with Gasteiger partial charge >= 0.3 is 5.97 Å². The van der Waals surface area contributed by atoms with E-state index in [2.05, 4.69) is 11.1 Å². The summed E-state index contributed by atoms with van der Waals surface area (Å²) < 4.78 is 5.40. The Morgan fingerprint density at radius 1 is 1.23 bits per heavy atom. The molecule has 22 heavy (non-hydrogen) atoms. The first-order valence-corrected chi connectivity index (χ1v) is 7.53. The Labute approximate surface area is 133 Å². The maximum Gasteiger partial charge on any atom is 0.311 e. The molecule has 0 unspecified atom stereocenters. The zero-order valence-corrected chi connectivity index (χ0v) is 13.0. The van der Waals surface area contributed by atoms with Gasteiger partial charge in [0, 0.05) is 22.1 Å². The molecule has 3 aromatic rings. The highest BCUT2D eigenvalue weighted by atomic mass is 35.5. The lowest BCUT2D eigenvalue weighted by Crippen LogP contribution is -2.09. The van der Waals surface area contributed by atoms with Crippen LogP contribution in [0.1, 0.15) is 17.5 Å². The van der Waals surface area contributed by atoms with E-state index >= 15 is 0 Å². The minimum atomic E-state index is -0.240. The molecule has 1 N–H and O–H groups in total. The van der Waals surface area contributed by atoms with Crippen LogP contribution in [0, 0.1) is 6.92 Å². The van der Waals surface area contributed by atoms with Crippen molar-refractivity contribution < 1.29 is 9.53 Å². The summed E-state index contributed by atoms with van der Waals surface area (Å²) in [4.78, 5) is 15.2. The Hall–Kier alpha value is -2.26. The van der Waals surface area contributed by atoms with Gasteiger partial charge in [0.2, 0.25) is 0 Å². The minimum Gasteiger partial charge on any atom is -0.426 e. The standard InChI is InChI=1S/C18H16ClNO2/c1-12-10-14(19)7-8-17(12)22-18(21)9-6-13-11-20-16-5-3-2-4-15(13)16/h2-5,7-8,10-11,20H,6,9H2,1H3. The number of nitrogens with one attached hydrogen (secondary N) is 1. The molecule has 0 atom stereocenters. The number of rotatable bonds is 4. The molecule has 0 radical (unpaired) electrons. The topological polar surface area (TPSA) is 42.1 Å². The Morgan fingerprint density at radius 3 is 2.86 bits per heavy atom. The van der Waals surface area contributed by atoms with Gasteiger partial charge in [-0.15, -0.1) is 0 Å². The van der Waals surface area contributed by atoms with Crippen molar-refractivity contribution in [3.63, 3.8) is 0 Å². The van der Waals surface area contributed by atoms with Crippen LogP contribution in [-0.2, 0) is 11.2 Å². The van der Waals surface area contributed by atoms with Crippen LogP contribution in [-0.4, -0.2) is 11.0 Å². The fraction of sp³-hybridized carbons (Fsp3) is 0.167. The van der Waals surface area contributed by atoms with Crippen LogP contribution >= 0.6 is 11.6 Å². The number of halogens is 1. The Balaban J connectivity index is 1.65. The number of hydrogen-bond donors (Lipinski definition) is 1. The normalized spacial score (nSPS) is 10.8. The highest BCUT2D eigenvalue weighted by molar-refractivity contribution is 6.30. The molecule has 1 aromatic heterocycles. The molecule has 1 heterocycles. The molecule has 0 aliphatic heterocycles. The first-order chi connectivity index (χ1) is 10.6. The van der Waals surface area contributed by atoms with Gasteiger partial charge < -0.3 is 9.72 Å². The number of H-pyrrole nitrogens is 1. The van der Waals surface area contributed by atoms with E-state index in [0.717, 1.165) is 22.0 Å². The van der Waals surface area contributed by atoms with Gasteiger partial charge in [-0.05, 0) is 48.7 Å². The highest BCUT2D eigenvalue weighted by Gasteiger charge is 2.10. The molecular weight excluding hydrogens is 298 g/mol. The number of carbonyl (C=O) groups excluding carboxylic acids is 1. The van der Waals surface area contributed by atoms with Crippen molar-refractivity contribution in [3.8, 4) is 5.75 Å². The van der Waals surface area contributed by atoms with Crippen molar-refractivity contribution in [2.75, 3.05) is 0 Å². The van der Waals surface area contributed by atoms with Gasteiger partial charge in [0.05, 0.1) is 6.42 Å². The third kappa shape index (κ3) is 3.15. The molecule has 4 heteroatoms. The van der Waals surface area contributed by atoms with Crippen LogP contribution < -0.4 is 4.74 Å². The van der Waals surface area contributed by atoms with Gasteiger partial charge in [-0.25, -0.2) is 0 Å². The first-order valence-electron chi connectivity index (χ1n) is 7.15. The average Bonchev–Trinajstić information content (AvgIpc) is 2.91. The van der Waals surface area contributed by atoms with Gasteiger partial charge in [0.15, 0.2) is 0 Å². The summed E-state index contributed by atoms with van der Waals surface area (Å²) in [5.74, 6) is 0.323. The number of fused-ring (bicyclic) bond motifs is 1. The largest absolute Gasteiger partial charge is 0.426 e. The first kappa shape index (κ1) is 14.7. The van der Waals surface area contributed by atoms with Crippen molar-refractivity contribution in [3.05, 3.63) is 64.8 Å². The van der Waals surface area contributed by atoms with Crippen molar-refractivity contribution in [2.24, 2.45) is 0 Å². The van der Waals surface area contributed by atoms with Gasteiger partial charge in [0.25, 0.3) is 0 Å². The van der Waals surface area contributed by atoms with E-state index in [4.69, 9.17) is 16.3 Å². The van der Waals surface area contributed by atoms with E-state index in [-0.39, 0.29) is 5.97 Å². The van der Waals surface area contributed by atoms with Gasteiger partial charge in [0.1, 0.15) is 5.75 Å². The number of aromatic nitrogens is 1. The van der Waals surface area contributed by atoms with Crippen molar-refractivity contribution in [2.45, 2.75) is 19.8 Å². The number of esters is 1. The SMILES string of the molecule is Cc1cc(Cl)ccc1OC(=O)CCc1c[nH]c2ccccc12. The second-order valence-corrected chi connectivity index (χ2v) is 5.68. The number of carbonyl (C=O) groups is 1. The van der Waals surface area contributed by atoms with Gasteiger partial charge in [-0.2, -0.15) is 0 Å². The van der Waals surface area contributed by atoms with E-state index in [0.29, 0.717) is 23.6 Å². The van der Waals surface area contributed by atoms with E-state index < -0.39 is 0 Å². The maximum atomic E-state index is 12.0. The van der Waals surface area contributed by atoms with Crippen LogP contribution in [0.3, 0.4) is 0 Å². The Morgan fingerprint density at radius 2 is 2.05 bits per heavy atom. The zero-order valence-electron chi connectivity index (χ0n) is 12.2. The second-order valence-electron chi connectivity index (χ2n) is 5.24. The molecule has 3 nitrogen and oxygen atoms in total. The molecule has 112 valence electrons. The highest BCUT2D eigenvalue weighted by Crippen LogP contribution is 2.23. The van der Waals surface area contributed by atoms with Crippen molar-refractivity contribution >= 4 is 28.5 Å². The quantitative estimate of drug-likeness (QED) is 0.562. The predicted molar refractivity (Wildman–Crippen MR) is 88.4 cm³/mol. The fourth-order valence-corrected chi connectivity index (χ4v) is 2.70. The van der Waals surface area contributed by atoms with Crippen LogP contribution in [0.2, 0.25) is 5.02 Å². The number of benzene rings is 2. The van der Waals surface area contributed by atoms with Crippen LogP contribution in [0.4, 0.5) is 0 Å². The summed E-state index contributed by atoms with van der Waals surface area (Å²) in [5.41, 5.74) is 3.06. The van der Waals surface area contributed by atoms with E-state index in [1.54, 1.807) is 18.2 Å². The van der Waals surface area contributed by atoms with Crippen LogP contribution in [0.15, 0.2) is 48.7 Å². The molecule has 0 aliphatic carbocycles. The van der Waals surface area contributed by atoms with E-state index in [1.807, 2.05) is 31.3 Å². The molecule has 0 spiro atoms. The monoisotopic (exact) mass is 313 g/mol. The van der Waals surface area contributed by atoms with E-state index in [1.165, 1.54) is 0 Å². The number of aryl methyl sites for hydroxylation is 2. The predicted octanol–water partition coefficient (Wildman–Crippen LogP) is 4.67. The average molecular weight is 314 g/mol. The van der Waals surface area contributed by atoms with Crippen LogP contribution in [0.5, 0.6) is 5.75 Å². The molecule has 3 rings (SSSR count). The summed E-state index contributed by atoms with van der Waals surface area (Å²) in [7, 11) is 0. The number of aromatic amines is 1. The summed E-state index contributed by atoms with van der Waals surface area (Å²) in [6, 6.07) is 13.3. The van der Waals surface area contributed by atoms with Crippen molar-refractivity contribution in [1.29, 1.82) is 0 Å².